The molecule has 0 spiro atoms. The molecule has 2 aliphatic heterocycles. The lowest BCUT2D eigenvalue weighted by Gasteiger charge is -2.39. The van der Waals surface area contributed by atoms with Crippen LogP contribution in [0.5, 0.6) is 11.5 Å². The van der Waals surface area contributed by atoms with Crippen LogP contribution >= 0.6 is 0 Å². The van der Waals surface area contributed by atoms with Gasteiger partial charge in [-0.15, -0.1) is 0 Å². The lowest BCUT2D eigenvalue weighted by atomic mass is 9.90. The minimum Gasteiger partial charge on any atom is -0.454 e. The SMILES string of the molecule is Cc1ccc(S(=O)(=O)N2CCC[C@H]2C(=O)N(Cc2ccc3c(c2)OCO3)C2CCC(F)(F)CC2)cc1. The van der Waals surface area contributed by atoms with Crippen molar-refractivity contribution >= 4 is 15.9 Å². The lowest BCUT2D eigenvalue weighted by molar-refractivity contribution is -0.141. The number of aryl methyl sites for hydroxylation is 1. The minimum atomic E-state index is -3.88. The molecule has 10 heteroatoms. The number of nitrogens with zero attached hydrogens (tertiary/aromatic N) is 2. The molecule has 7 nitrogen and oxygen atoms in total. The highest BCUT2D eigenvalue weighted by atomic mass is 32.2. The number of rotatable bonds is 6. The molecule has 1 amide bonds. The van der Waals surface area contributed by atoms with E-state index in [2.05, 4.69) is 0 Å². The molecule has 0 radical (unpaired) electrons. The zero-order valence-corrected chi connectivity index (χ0v) is 21.0. The molecule has 2 aromatic carbocycles. The van der Waals surface area contributed by atoms with E-state index in [9.17, 15) is 22.0 Å². The van der Waals surface area contributed by atoms with Gasteiger partial charge in [0.25, 0.3) is 0 Å². The van der Waals surface area contributed by atoms with Crippen LogP contribution in [0.15, 0.2) is 47.4 Å². The zero-order chi connectivity index (χ0) is 25.5. The van der Waals surface area contributed by atoms with Gasteiger partial charge in [-0.3, -0.25) is 4.79 Å². The Morgan fingerprint density at radius 2 is 1.75 bits per heavy atom. The minimum absolute atomic E-state index is 0.118. The van der Waals surface area contributed by atoms with Gasteiger partial charge >= 0.3 is 0 Å². The molecule has 0 aromatic heterocycles. The van der Waals surface area contributed by atoms with Crippen LogP contribution < -0.4 is 9.47 Å². The average molecular weight is 521 g/mol. The van der Waals surface area contributed by atoms with Gasteiger partial charge in [0.1, 0.15) is 6.04 Å². The largest absolute Gasteiger partial charge is 0.454 e. The van der Waals surface area contributed by atoms with Gasteiger partial charge in [-0.05, 0) is 62.4 Å². The molecule has 2 heterocycles. The number of hydrogen-bond donors (Lipinski definition) is 0. The van der Waals surface area contributed by atoms with Crippen molar-refractivity contribution in [2.24, 2.45) is 0 Å². The van der Waals surface area contributed by atoms with Crippen LogP contribution in [-0.2, 0) is 21.4 Å². The summed E-state index contributed by atoms with van der Waals surface area (Å²) < 4.78 is 66.9. The number of hydrogen-bond acceptors (Lipinski definition) is 5. The Labute approximate surface area is 210 Å². The molecule has 0 N–H and O–H groups in total. The summed E-state index contributed by atoms with van der Waals surface area (Å²) in [6.45, 7) is 2.42. The van der Waals surface area contributed by atoms with Gasteiger partial charge in [-0.2, -0.15) is 4.31 Å². The van der Waals surface area contributed by atoms with E-state index in [1.807, 2.05) is 13.0 Å². The fourth-order valence-corrected chi connectivity index (χ4v) is 6.92. The number of benzene rings is 2. The van der Waals surface area contributed by atoms with E-state index in [1.165, 1.54) is 4.31 Å². The highest BCUT2D eigenvalue weighted by molar-refractivity contribution is 7.89. The smallest absolute Gasteiger partial charge is 0.248 e. The molecule has 1 saturated carbocycles. The van der Waals surface area contributed by atoms with Crippen molar-refractivity contribution in [1.29, 1.82) is 0 Å². The molecule has 0 bridgehead atoms. The second-order valence-corrected chi connectivity index (χ2v) is 11.7. The van der Waals surface area contributed by atoms with E-state index in [1.54, 1.807) is 41.3 Å². The summed E-state index contributed by atoms with van der Waals surface area (Å²) >= 11 is 0. The number of halogens is 2. The second-order valence-electron chi connectivity index (χ2n) is 9.83. The van der Waals surface area contributed by atoms with Gasteiger partial charge in [0, 0.05) is 32.0 Å². The zero-order valence-electron chi connectivity index (χ0n) is 20.2. The highest BCUT2D eigenvalue weighted by Crippen LogP contribution is 2.38. The molecular weight excluding hydrogens is 490 g/mol. The van der Waals surface area contributed by atoms with E-state index in [4.69, 9.17) is 9.47 Å². The predicted molar refractivity (Wildman–Crippen MR) is 128 cm³/mol. The molecule has 0 unspecified atom stereocenters. The van der Waals surface area contributed by atoms with Crippen LogP contribution in [0, 0.1) is 6.92 Å². The summed E-state index contributed by atoms with van der Waals surface area (Å²) in [5.74, 6) is -1.89. The summed E-state index contributed by atoms with van der Waals surface area (Å²) in [5.41, 5.74) is 1.71. The van der Waals surface area contributed by atoms with Gasteiger partial charge in [-0.1, -0.05) is 23.8 Å². The van der Waals surface area contributed by atoms with Crippen LogP contribution in [0.3, 0.4) is 0 Å². The number of sulfonamides is 1. The van der Waals surface area contributed by atoms with Crippen LogP contribution in [0.25, 0.3) is 0 Å². The molecule has 36 heavy (non-hydrogen) atoms. The maximum Gasteiger partial charge on any atom is 0.248 e. The Morgan fingerprint density at radius 1 is 1.06 bits per heavy atom. The molecule has 1 aliphatic carbocycles. The number of alkyl halides is 2. The number of carbonyl (C=O) groups is 1. The van der Waals surface area contributed by atoms with Gasteiger partial charge in [0.05, 0.1) is 4.90 Å². The second kappa shape index (κ2) is 9.63. The summed E-state index contributed by atoms with van der Waals surface area (Å²) in [6.07, 6.45) is 0.700. The van der Waals surface area contributed by atoms with E-state index in [0.717, 1.165) is 11.1 Å². The quantitative estimate of drug-likeness (QED) is 0.561. The summed E-state index contributed by atoms with van der Waals surface area (Å²) in [4.78, 5) is 15.7. The first-order valence-electron chi connectivity index (χ1n) is 12.3. The highest BCUT2D eigenvalue weighted by Gasteiger charge is 2.44. The standard InChI is InChI=1S/C26H30F2N2O5S/c1-18-4-7-21(8-5-18)36(32,33)30-14-2-3-22(30)25(31)29(20-10-12-26(27,28)13-11-20)16-19-6-9-23-24(15-19)35-17-34-23/h4-9,15,20,22H,2-3,10-14,16-17H2,1H3/t22-/m0/s1. The van der Waals surface area contributed by atoms with Crippen molar-refractivity contribution in [3.8, 4) is 11.5 Å². The van der Waals surface area contributed by atoms with E-state index in [-0.39, 0.29) is 56.4 Å². The van der Waals surface area contributed by atoms with Crippen LogP contribution in [-0.4, -0.2) is 54.9 Å². The maximum atomic E-state index is 14.0. The van der Waals surface area contributed by atoms with Crippen molar-refractivity contribution in [2.45, 2.75) is 74.9 Å². The molecule has 194 valence electrons. The fraction of sp³-hybridized carbons (Fsp3) is 0.500. The van der Waals surface area contributed by atoms with Crippen LogP contribution in [0.4, 0.5) is 8.78 Å². The van der Waals surface area contributed by atoms with Crippen molar-refractivity contribution < 1.29 is 31.5 Å². The van der Waals surface area contributed by atoms with Gasteiger partial charge in [0.2, 0.25) is 28.6 Å². The molecule has 2 fully saturated rings. The van der Waals surface area contributed by atoms with Crippen molar-refractivity contribution in [1.82, 2.24) is 9.21 Å². The van der Waals surface area contributed by atoms with Crippen LogP contribution in [0.2, 0.25) is 0 Å². The topological polar surface area (TPSA) is 76.2 Å². The monoisotopic (exact) mass is 520 g/mol. The normalized spacial score (nSPS) is 22.0. The Hall–Kier alpha value is -2.72. The third kappa shape index (κ3) is 4.93. The van der Waals surface area contributed by atoms with Crippen molar-refractivity contribution in [2.75, 3.05) is 13.3 Å². The average Bonchev–Trinajstić information content (AvgIpc) is 3.52. The fourth-order valence-electron chi connectivity index (χ4n) is 5.27. The Bertz CT molecular complexity index is 1230. The molecular formula is C26H30F2N2O5S. The predicted octanol–water partition coefficient (Wildman–Crippen LogP) is 4.48. The molecule has 2 aromatic rings. The van der Waals surface area contributed by atoms with Gasteiger partial charge in [0.15, 0.2) is 11.5 Å². The number of fused-ring (bicyclic) bond motifs is 1. The van der Waals surface area contributed by atoms with E-state index < -0.39 is 28.0 Å². The first kappa shape index (κ1) is 25.0. The molecule has 5 rings (SSSR count). The third-order valence-corrected chi connectivity index (χ3v) is 9.24. The van der Waals surface area contributed by atoms with Crippen molar-refractivity contribution in [3.05, 3.63) is 53.6 Å². The Balaban J connectivity index is 1.42. The van der Waals surface area contributed by atoms with E-state index >= 15 is 0 Å². The Morgan fingerprint density at radius 3 is 2.47 bits per heavy atom. The van der Waals surface area contributed by atoms with E-state index in [0.29, 0.717) is 24.3 Å². The molecule has 1 atom stereocenters. The first-order chi connectivity index (χ1) is 17.1. The number of ether oxygens (including phenoxy) is 2. The van der Waals surface area contributed by atoms with Gasteiger partial charge < -0.3 is 14.4 Å². The first-order valence-corrected chi connectivity index (χ1v) is 13.7. The maximum absolute atomic E-state index is 14.0. The summed E-state index contributed by atoms with van der Waals surface area (Å²) in [5, 5.41) is 0. The molecule has 1 saturated heterocycles. The summed E-state index contributed by atoms with van der Waals surface area (Å²) in [7, 11) is -3.88. The molecule has 3 aliphatic rings. The van der Waals surface area contributed by atoms with Gasteiger partial charge in [-0.25, -0.2) is 17.2 Å². The number of amides is 1. The Kier molecular flexibility index (Phi) is 6.67. The third-order valence-electron chi connectivity index (χ3n) is 7.32. The van der Waals surface area contributed by atoms with Crippen LogP contribution in [0.1, 0.15) is 49.7 Å². The number of carbonyl (C=O) groups excluding carboxylic acids is 1. The lowest BCUT2D eigenvalue weighted by Crippen LogP contribution is -2.52. The summed E-state index contributed by atoms with van der Waals surface area (Å²) in [6, 6.07) is 10.7. The van der Waals surface area contributed by atoms with Crippen molar-refractivity contribution in [3.63, 3.8) is 0 Å².